The number of nitrogens with zero attached hydrogens (tertiary/aromatic N) is 2. The summed E-state index contributed by atoms with van der Waals surface area (Å²) in [7, 11) is 0. The first kappa shape index (κ1) is 10.2. The fourth-order valence-electron chi connectivity index (χ4n) is 1.70. The molecule has 4 heteroatoms. The molecule has 1 atom stereocenters. The molecular weight excluding hydrogens is 212 g/mol. The van der Waals surface area contributed by atoms with Gasteiger partial charge in [-0.05, 0) is 12.1 Å². The van der Waals surface area contributed by atoms with Gasteiger partial charge in [0.2, 0.25) is 5.91 Å². The van der Waals surface area contributed by atoms with Gasteiger partial charge in [-0.15, -0.1) is 6.58 Å². The van der Waals surface area contributed by atoms with Gasteiger partial charge in [0.15, 0.2) is 5.15 Å². The van der Waals surface area contributed by atoms with Crippen molar-refractivity contribution in [1.29, 1.82) is 0 Å². The third-order valence-corrected chi connectivity index (χ3v) is 2.81. The summed E-state index contributed by atoms with van der Waals surface area (Å²) in [6.45, 7) is 4.35. The number of halogens is 1. The highest BCUT2D eigenvalue weighted by Crippen LogP contribution is 2.29. The Morgan fingerprint density at radius 3 is 3.07 bits per heavy atom. The molecule has 2 heterocycles. The van der Waals surface area contributed by atoms with Crippen LogP contribution in [0.4, 0.5) is 5.69 Å². The highest BCUT2D eigenvalue weighted by atomic mass is 35.5. The molecule has 2 rings (SSSR count). The first-order valence-corrected chi connectivity index (χ1v) is 5.13. The Bertz CT molecular complexity index is 405. The Hall–Kier alpha value is -1.35. The fraction of sp³-hybridized carbons (Fsp3) is 0.273. The Morgan fingerprint density at radius 1 is 1.67 bits per heavy atom. The lowest BCUT2D eigenvalue weighted by Gasteiger charge is -2.16. The van der Waals surface area contributed by atoms with E-state index in [9.17, 15) is 4.79 Å². The Morgan fingerprint density at radius 2 is 2.47 bits per heavy atom. The van der Waals surface area contributed by atoms with Crippen molar-refractivity contribution in [1.82, 2.24) is 4.98 Å². The van der Waals surface area contributed by atoms with E-state index in [0.29, 0.717) is 23.8 Å². The summed E-state index contributed by atoms with van der Waals surface area (Å²) in [5.41, 5.74) is 0.688. The molecule has 15 heavy (non-hydrogen) atoms. The topological polar surface area (TPSA) is 33.2 Å². The number of carbonyl (C=O) groups is 1. The summed E-state index contributed by atoms with van der Waals surface area (Å²) in [6, 6.07) is 3.58. The summed E-state index contributed by atoms with van der Waals surface area (Å²) < 4.78 is 0. The quantitative estimate of drug-likeness (QED) is 0.568. The maximum atomic E-state index is 11.7. The van der Waals surface area contributed by atoms with Gasteiger partial charge in [0, 0.05) is 25.1 Å². The molecule has 1 aromatic heterocycles. The van der Waals surface area contributed by atoms with Gasteiger partial charge >= 0.3 is 0 Å². The molecule has 1 unspecified atom stereocenters. The maximum Gasteiger partial charge on any atom is 0.227 e. The minimum atomic E-state index is 0.0785. The maximum absolute atomic E-state index is 11.7. The zero-order chi connectivity index (χ0) is 10.8. The van der Waals surface area contributed by atoms with E-state index < -0.39 is 0 Å². The molecule has 0 saturated carbocycles. The molecule has 0 N–H and O–H groups in total. The highest BCUT2D eigenvalue weighted by Gasteiger charge is 2.29. The molecule has 1 aliphatic heterocycles. The summed E-state index contributed by atoms with van der Waals surface area (Å²) in [5.74, 6) is 0.295. The van der Waals surface area contributed by atoms with E-state index in [2.05, 4.69) is 11.6 Å². The zero-order valence-corrected chi connectivity index (χ0v) is 8.94. The van der Waals surface area contributed by atoms with Crippen LogP contribution in [0.15, 0.2) is 31.0 Å². The second-order valence-corrected chi connectivity index (χ2v) is 3.88. The third-order valence-electron chi connectivity index (χ3n) is 2.52. The molecule has 1 aliphatic rings. The van der Waals surface area contributed by atoms with Gasteiger partial charge < -0.3 is 4.90 Å². The number of pyridine rings is 1. The van der Waals surface area contributed by atoms with Crippen LogP contribution < -0.4 is 4.90 Å². The number of hydrogen-bond acceptors (Lipinski definition) is 2. The van der Waals surface area contributed by atoms with Gasteiger partial charge in [-0.25, -0.2) is 4.98 Å². The largest absolute Gasteiger partial charge is 0.309 e. The van der Waals surface area contributed by atoms with Crippen molar-refractivity contribution in [2.75, 3.05) is 11.4 Å². The van der Waals surface area contributed by atoms with Crippen molar-refractivity contribution in [3.05, 3.63) is 36.1 Å². The molecule has 1 aromatic rings. The molecule has 0 aromatic carbocycles. The van der Waals surface area contributed by atoms with E-state index in [4.69, 9.17) is 11.6 Å². The van der Waals surface area contributed by atoms with Gasteiger partial charge in [-0.1, -0.05) is 17.7 Å². The number of carbonyl (C=O) groups excluding carboxylic acids is 1. The number of rotatable bonds is 2. The van der Waals surface area contributed by atoms with Crippen LogP contribution >= 0.6 is 11.6 Å². The Balaban J connectivity index is 2.29. The van der Waals surface area contributed by atoms with Crippen LogP contribution in [0.5, 0.6) is 0 Å². The normalized spacial score (nSPS) is 20.7. The van der Waals surface area contributed by atoms with Crippen LogP contribution in [0, 0.1) is 5.92 Å². The predicted octanol–water partition coefficient (Wildman–Crippen LogP) is 2.27. The van der Waals surface area contributed by atoms with Crippen molar-refractivity contribution in [2.45, 2.75) is 6.42 Å². The van der Waals surface area contributed by atoms with Crippen molar-refractivity contribution < 1.29 is 4.79 Å². The molecule has 78 valence electrons. The van der Waals surface area contributed by atoms with Crippen LogP contribution in [-0.4, -0.2) is 17.4 Å². The first-order valence-electron chi connectivity index (χ1n) is 4.76. The molecule has 0 aliphatic carbocycles. The third kappa shape index (κ3) is 1.88. The van der Waals surface area contributed by atoms with E-state index in [-0.39, 0.29) is 11.8 Å². The minimum Gasteiger partial charge on any atom is -0.309 e. The average Bonchev–Trinajstić information content (AvgIpc) is 2.60. The Kier molecular flexibility index (Phi) is 2.73. The van der Waals surface area contributed by atoms with Crippen LogP contribution in [0.3, 0.4) is 0 Å². The standard InChI is InChI=1S/C11H11ClN2O/c1-2-8-6-10(15)14(7-8)9-4-3-5-13-11(9)12/h2-5,8H,1,6-7H2. The second kappa shape index (κ2) is 4.03. The summed E-state index contributed by atoms with van der Waals surface area (Å²) in [6.07, 6.45) is 3.92. The van der Waals surface area contributed by atoms with Crippen LogP contribution in [-0.2, 0) is 4.79 Å². The number of aromatic nitrogens is 1. The molecule has 1 fully saturated rings. The smallest absolute Gasteiger partial charge is 0.227 e. The minimum absolute atomic E-state index is 0.0785. The summed E-state index contributed by atoms with van der Waals surface area (Å²) >= 11 is 5.93. The molecule has 1 amide bonds. The molecule has 3 nitrogen and oxygen atoms in total. The van der Waals surface area contributed by atoms with Gasteiger partial charge in [0.25, 0.3) is 0 Å². The van der Waals surface area contributed by atoms with Gasteiger partial charge in [0.05, 0.1) is 5.69 Å². The monoisotopic (exact) mass is 222 g/mol. The lowest BCUT2D eigenvalue weighted by atomic mass is 10.1. The van der Waals surface area contributed by atoms with E-state index in [1.54, 1.807) is 23.2 Å². The van der Waals surface area contributed by atoms with E-state index >= 15 is 0 Å². The fourth-order valence-corrected chi connectivity index (χ4v) is 1.93. The molecule has 0 bridgehead atoms. The van der Waals surface area contributed by atoms with Crippen molar-refractivity contribution in [3.63, 3.8) is 0 Å². The predicted molar refractivity (Wildman–Crippen MR) is 59.9 cm³/mol. The molecule has 0 spiro atoms. The molecular formula is C11H11ClN2O. The van der Waals surface area contributed by atoms with Gasteiger partial charge in [0.1, 0.15) is 0 Å². The lowest BCUT2D eigenvalue weighted by molar-refractivity contribution is -0.117. The van der Waals surface area contributed by atoms with Crippen LogP contribution in [0.2, 0.25) is 5.15 Å². The van der Waals surface area contributed by atoms with E-state index in [1.165, 1.54) is 0 Å². The lowest BCUT2D eigenvalue weighted by Crippen LogP contribution is -2.24. The van der Waals surface area contributed by atoms with Crippen molar-refractivity contribution in [3.8, 4) is 0 Å². The van der Waals surface area contributed by atoms with Crippen LogP contribution in [0.1, 0.15) is 6.42 Å². The summed E-state index contributed by atoms with van der Waals surface area (Å²) in [5, 5.41) is 0.371. The number of amides is 1. The van der Waals surface area contributed by atoms with E-state index in [0.717, 1.165) is 0 Å². The van der Waals surface area contributed by atoms with Crippen molar-refractivity contribution in [2.24, 2.45) is 5.92 Å². The number of hydrogen-bond donors (Lipinski definition) is 0. The molecule has 0 radical (unpaired) electrons. The molecule has 1 saturated heterocycles. The van der Waals surface area contributed by atoms with Crippen LogP contribution in [0.25, 0.3) is 0 Å². The average molecular weight is 223 g/mol. The first-order chi connectivity index (χ1) is 7.22. The number of anilines is 1. The SMILES string of the molecule is C=CC1CC(=O)N(c2cccnc2Cl)C1. The Labute approximate surface area is 93.4 Å². The second-order valence-electron chi connectivity index (χ2n) is 3.52. The highest BCUT2D eigenvalue weighted by molar-refractivity contribution is 6.32. The van der Waals surface area contributed by atoms with Gasteiger partial charge in [-0.2, -0.15) is 0 Å². The van der Waals surface area contributed by atoms with Crippen molar-refractivity contribution >= 4 is 23.2 Å². The van der Waals surface area contributed by atoms with Gasteiger partial charge in [-0.3, -0.25) is 4.79 Å². The summed E-state index contributed by atoms with van der Waals surface area (Å²) in [4.78, 5) is 17.3. The van der Waals surface area contributed by atoms with E-state index in [1.807, 2.05) is 6.08 Å². The zero-order valence-electron chi connectivity index (χ0n) is 8.19.